The number of nitrogens with zero attached hydrogens (tertiary/aromatic N) is 1. The molecule has 0 fully saturated rings. The highest BCUT2D eigenvalue weighted by atomic mass is 79.9. The van der Waals surface area contributed by atoms with E-state index in [0.717, 1.165) is 17.6 Å². The highest BCUT2D eigenvalue weighted by Gasteiger charge is 2.04. The molecule has 1 aromatic heterocycles. The fourth-order valence-electron chi connectivity index (χ4n) is 1.90. The zero-order valence-corrected chi connectivity index (χ0v) is 10.5. The van der Waals surface area contributed by atoms with Crippen molar-refractivity contribution in [2.24, 2.45) is 0 Å². The van der Waals surface area contributed by atoms with Crippen LogP contribution in [0.2, 0.25) is 0 Å². The normalized spacial score (nSPS) is 11.1. The molecular weight excluding hydrogens is 254 g/mol. The molecule has 0 aliphatic heterocycles. The Hall–Kier alpha value is -0.800. The maximum absolute atomic E-state index is 5.10. The molecule has 2 nitrogen and oxygen atoms in total. The Morgan fingerprint density at radius 3 is 2.93 bits per heavy atom. The molecule has 0 saturated heterocycles. The van der Waals surface area contributed by atoms with Crippen LogP contribution in [0, 0.1) is 6.92 Å². The van der Waals surface area contributed by atoms with E-state index in [2.05, 4.69) is 51.8 Å². The van der Waals surface area contributed by atoms with Crippen LogP contribution in [0.25, 0.3) is 10.9 Å². The zero-order chi connectivity index (χ0) is 10.8. The molecule has 0 aliphatic carbocycles. The minimum absolute atomic E-state index is 0.749. The van der Waals surface area contributed by atoms with E-state index in [4.69, 9.17) is 4.74 Å². The first-order chi connectivity index (χ1) is 7.22. The molecule has 0 unspecified atom stereocenters. The summed E-state index contributed by atoms with van der Waals surface area (Å²) in [5.74, 6) is 0. The molecule has 0 radical (unpaired) electrons. The van der Waals surface area contributed by atoms with Gasteiger partial charge in [0.25, 0.3) is 0 Å². The Labute approximate surface area is 98.0 Å². The molecule has 80 valence electrons. The topological polar surface area (TPSA) is 14.2 Å². The van der Waals surface area contributed by atoms with Crippen molar-refractivity contribution in [3.8, 4) is 0 Å². The first-order valence-corrected chi connectivity index (χ1v) is 5.75. The number of halogens is 1. The third kappa shape index (κ3) is 2.08. The summed E-state index contributed by atoms with van der Waals surface area (Å²) in [4.78, 5) is 0. The van der Waals surface area contributed by atoms with Crippen molar-refractivity contribution in [3.05, 3.63) is 34.4 Å². The number of methoxy groups -OCH3 is 1. The third-order valence-corrected chi connectivity index (χ3v) is 3.01. The summed E-state index contributed by atoms with van der Waals surface area (Å²) in [6.07, 6.45) is 2.11. The number of hydrogen-bond donors (Lipinski definition) is 0. The van der Waals surface area contributed by atoms with Crippen LogP contribution in [0.3, 0.4) is 0 Å². The Morgan fingerprint density at radius 1 is 1.40 bits per heavy atom. The second-order valence-electron chi connectivity index (χ2n) is 3.66. The number of aryl methyl sites for hydroxylation is 1. The second kappa shape index (κ2) is 4.37. The summed E-state index contributed by atoms with van der Waals surface area (Å²) >= 11 is 3.51. The molecule has 1 heterocycles. The van der Waals surface area contributed by atoms with Gasteiger partial charge in [-0.1, -0.05) is 15.9 Å². The fourth-order valence-corrected chi connectivity index (χ4v) is 2.49. The summed E-state index contributed by atoms with van der Waals surface area (Å²) < 4.78 is 8.47. The molecule has 0 atom stereocenters. The number of aromatic nitrogens is 1. The monoisotopic (exact) mass is 267 g/mol. The lowest BCUT2D eigenvalue weighted by Gasteiger charge is -2.07. The van der Waals surface area contributed by atoms with Crippen LogP contribution in [0.4, 0.5) is 0 Å². The van der Waals surface area contributed by atoms with E-state index in [0.29, 0.717) is 0 Å². The quantitative estimate of drug-likeness (QED) is 0.832. The van der Waals surface area contributed by atoms with Gasteiger partial charge in [0.2, 0.25) is 0 Å². The number of hydrogen-bond acceptors (Lipinski definition) is 1. The van der Waals surface area contributed by atoms with E-state index in [1.54, 1.807) is 7.11 Å². The summed E-state index contributed by atoms with van der Waals surface area (Å²) in [7, 11) is 1.73. The average Bonchev–Trinajstić information content (AvgIpc) is 2.58. The predicted molar refractivity (Wildman–Crippen MR) is 66.3 cm³/mol. The molecule has 2 rings (SSSR count). The van der Waals surface area contributed by atoms with Gasteiger partial charge in [-0.25, -0.2) is 0 Å². The van der Waals surface area contributed by atoms with E-state index in [1.165, 1.54) is 16.5 Å². The van der Waals surface area contributed by atoms with Crippen LogP contribution in [0.5, 0.6) is 0 Å². The van der Waals surface area contributed by atoms with Crippen molar-refractivity contribution in [1.29, 1.82) is 0 Å². The minimum Gasteiger partial charge on any atom is -0.383 e. The molecular formula is C12H14BrNO. The zero-order valence-electron chi connectivity index (χ0n) is 8.96. The summed E-state index contributed by atoms with van der Waals surface area (Å²) in [6, 6.07) is 6.43. The summed E-state index contributed by atoms with van der Waals surface area (Å²) in [5.41, 5.74) is 2.59. The van der Waals surface area contributed by atoms with E-state index in [9.17, 15) is 0 Å². The van der Waals surface area contributed by atoms with Crippen molar-refractivity contribution >= 4 is 26.8 Å². The maximum atomic E-state index is 5.10. The van der Waals surface area contributed by atoms with E-state index < -0.39 is 0 Å². The number of fused-ring (bicyclic) bond motifs is 1. The fraction of sp³-hybridized carbons (Fsp3) is 0.333. The lowest BCUT2D eigenvalue weighted by molar-refractivity contribution is 0.188. The summed E-state index contributed by atoms with van der Waals surface area (Å²) in [5, 5.41) is 1.28. The van der Waals surface area contributed by atoms with Gasteiger partial charge in [0.05, 0.1) is 12.1 Å². The van der Waals surface area contributed by atoms with Crippen LogP contribution in [0.1, 0.15) is 5.56 Å². The van der Waals surface area contributed by atoms with Gasteiger partial charge in [-0.2, -0.15) is 0 Å². The third-order valence-electron chi connectivity index (χ3n) is 2.55. The molecule has 15 heavy (non-hydrogen) atoms. The molecule has 0 spiro atoms. The number of benzene rings is 1. The van der Waals surface area contributed by atoms with Gasteiger partial charge in [-0.3, -0.25) is 0 Å². The van der Waals surface area contributed by atoms with Crippen LogP contribution in [-0.4, -0.2) is 18.3 Å². The van der Waals surface area contributed by atoms with Crippen LogP contribution >= 0.6 is 15.9 Å². The molecule has 0 aliphatic rings. The SMILES string of the molecule is COCCn1ccc2cc(Br)cc(C)c21. The standard InChI is InChI=1S/C12H14BrNO/c1-9-7-11(13)8-10-3-4-14(12(9)10)5-6-15-2/h3-4,7-8H,5-6H2,1-2H3. The lowest BCUT2D eigenvalue weighted by Crippen LogP contribution is -2.03. The van der Waals surface area contributed by atoms with Crippen molar-refractivity contribution in [2.45, 2.75) is 13.5 Å². The summed E-state index contributed by atoms with van der Waals surface area (Å²) in [6.45, 7) is 3.79. The van der Waals surface area contributed by atoms with E-state index in [-0.39, 0.29) is 0 Å². The molecule has 1 aromatic carbocycles. The molecule has 3 heteroatoms. The molecule has 0 N–H and O–H groups in total. The van der Waals surface area contributed by atoms with Gasteiger partial charge in [-0.15, -0.1) is 0 Å². The molecule has 0 bridgehead atoms. The molecule has 0 saturated carbocycles. The van der Waals surface area contributed by atoms with Gasteiger partial charge in [0, 0.05) is 29.7 Å². The van der Waals surface area contributed by atoms with Crippen LogP contribution in [0.15, 0.2) is 28.9 Å². The van der Waals surface area contributed by atoms with E-state index >= 15 is 0 Å². The Kier molecular flexibility index (Phi) is 3.12. The number of ether oxygens (including phenoxy) is 1. The van der Waals surface area contributed by atoms with Gasteiger partial charge in [-0.05, 0) is 30.7 Å². The highest BCUT2D eigenvalue weighted by molar-refractivity contribution is 9.10. The minimum atomic E-state index is 0.749. The average molecular weight is 268 g/mol. The largest absolute Gasteiger partial charge is 0.383 e. The Morgan fingerprint density at radius 2 is 2.20 bits per heavy atom. The van der Waals surface area contributed by atoms with Gasteiger partial charge < -0.3 is 9.30 Å². The van der Waals surface area contributed by atoms with Crippen molar-refractivity contribution < 1.29 is 4.74 Å². The van der Waals surface area contributed by atoms with Crippen molar-refractivity contribution in [2.75, 3.05) is 13.7 Å². The number of rotatable bonds is 3. The van der Waals surface area contributed by atoms with Crippen LogP contribution in [-0.2, 0) is 11.3 Å². The lowest BCUT2D eigenvalue weighted by atomic mass is 10.2. The van der Waals surface area contributed by atoms with Crippen molar-refractivity contribution in [1.82, 2.24) is 4.57 Å². The maximum Gasteiger partial charge on any atom is 0.0641 e. The second-order valence-corrected chi connectivity index (χ2v) is 4.58. The first kappa shape index (κ1) is 10.7. The van der Waals surface area contributed by atoms with Crippen LogP contribution < -0.4 is 0 Å². The van der Waals surface area contributed by atoms with E-state index in [1.807, 2.05) is 0 Å². The smallest absolute Gasteiger partial charge is 0.0641 e. The van der Waals surface area contributed by atoms with Crippen molar-refractivity contribution in [3.63, 3.8) is 0 Å². The highest BCUT2D eigenvalue weighted by Crippen LogP contribution is 2.24. The predicted octanol–water partition coefficient (Wildman–Crippen LogP) is 3.36. The Bertz CT molecular complexity index is 476. The van der Waals surface area contributed by atoms with Gasteiger partial charge in [0.1, 0.15) is 0 Å². The first-order valence-electron chi connectivity index (χ1n) is 4.96. The molecule has 0 amide bonds. The molecule has 2 aromatic rings. The van der Waals surface area contributed by atoms with Gasteiger partial charge >= 0.3 is 0 Å². The van der Waals surface area contributed by atoms with Gasteiger partial charge in [0.15, 0.2) is 0 Å². The Balaban J connectivity index is 2.49.